The van der Waals surface area contributed by atoms with Crippen molar-refractivity contribution >= 4 is 5.97 Å². The molecule has 0 radical (unpaired) electrons. The van der Waals surface area contributed by atoms with E-state index in [4.69, 9.17) is 19.1 Å². The third kappa shape index (κ3) is 6.19. The minimum atomic E-state index is -0.952. The lowest BCUT2D eigenvalue weighted by molar-refractivity contribution is 0.0697. The number of aromatic carboxylic acids is 1. The van der Waals surface area contributed by atoms with Crippen LogP contribution in [0.4, 0.5) is 0 Å². The number of ether oxygens (including phenoxy) is 2. The number of unbranched alkanes of at least 4 members (excludes halogenated alkanes) is 4. The molecule has 30 heavy (non-hydrogen) atoms. The van der Waals surface area contributed by atoms with Crippen LogP contribution >= 0.6 is 0 Å². The van der Waals surface area contributed by atoms with E-state index in [1.807, 2.05) is 30.3 Å². The normalized spacial score (nSPS) is 10.8. The molecule has 0 saturated heterocycles. The van der Waals surface area contributed by atoms with Gasteiger partial charge in [-0.05, 0) is 49.2 Å². The first-order valence-electron chi connectivity index (χ1n) is 10.2. The molecule has 0 aliphatic heterocycles. The largest absolute Gasteiger partial charge is 0.494 e. The van der Waals surface area contributed by atoms with Gasteiger partial charge in [0.2, 0.25) is 0 Å². The Balaban J connectivity index is 1.49. The molecule has 0 aliphatic rings. The maximum absolute atomic E-state index is 11.0. The summed E-state index contributed by atoms with van der Waals surface area (Å²) in [6.45, 7) is 1.55. The van der Waals surface area contributed by atoms with Crippen molar-refractivity contribution in [2.75, 3.05) is 20.3 Å². The van der Waals surface area contributed by atoms with Gasteiger partial charge in [-0.15, -0.1) is 0 Å². The molecule has 158 valence electrons. The Kier molecular flexibility index (Phi) is 8.03. The van der Waals surface area contributed by atoms with Gasteiger partial charge in [0, 0.05) is 30.9 Å². The fourth-order valence-electron chi connectivity index (χ4n) is 3.12. The first kappa shape index (κ1) is 21.6. The van der Waals surface area contributed by atoms with Crippen LogP contribution in [0, 0.1) is 0 Å². The van der Waals surface area contributed by atoms with Gasteiger partial charge in [-0.1, -0.05) is 36.6 Å². The van der Waals surface area contributed by atoms with Crippen molar-refractivity contribution in [2.45, 2.75) is 32.1 Å². The summed E-state index contributed by atoms with van der Waals surface area (Å²) in [6.07, 6.45) is 5.73. The highest BCUT2D eigenvalue weighted by molar-refractivity contribution is 5.88. The molecular weight excluding hydrogens is 382 g/mol. The second-order valence-electron chi connectivity index (χ2n) is 7.09. The lowest BCUT2D eigenvalue weighted by Gasteiger charge is -2.06. The van der Waals surface area contributed by atoms with E-state index in [0.717, 1.165) is 42.7 Å². The molecule has 0 amide bonds. The molecule has 0 unspecified atom stereocenters. The molecule has 0 atom stereocenters. The van der Waals surface area contributed by atoms with E-state index in [9.17, 15) is 4.79 Å². The van der Waals surface area contributed by atoms with Crippen molar-refractivity contribution < 1.29 is 23.9 Å². The van der Waals surface area contributed by atoms with Gasteiger partial charge in [0.05, 0.1) is 12.2 Å². The molecule has 1 heterocycles. The Hall–Kier alpha value is -3.12. The summed E-state index contributed by atoms with van der Waals surface area (Å²) in [6, 6.07) is 16.1. The number of methoxy groups -OCH3 is 1. The topological polar surface area (TPSA) is 81.8 Å². The SMILES string of the molecule is COCCCCCCCOc1ccc(-c2cc(-c3ccc(C(=O)O)cc3)no2)cc1. The van der Waals surface area contributed by atoms with Crippen molar-refractivity contribution in [3.05, 3.63) is 60.2 Å². The van der Waals surface area contributed by atoms with Gasteiger partial charge >= 0.3 is 5.97 Å². The average Bonchev–Trinajstić information content (AvgIpc) is 3.26. The molecule has 6 heteroatoms. The van der Waals surface area contributed by atoms with Gasteiger partial charge in [0.25, 0.3) is 0 Å². The van der Waals surface area contributed by atoms with Crippen LogP contribution in [0.2, 0.25) is 0 Å². The van der Waals surface area contributed by atoms with Crippen LogP contribution in [0.5, 0.6) is 5.75 Å². The fraction of sp³-hybridized carbons (Fsp3) is 0.333. The Labute approximate surface area is 176 Å². The van der Waals surface area contributed by atoms with Gasteiger partial charge < -0.3 is 19.1 Å². The third-order valence-electron chi connectivity index (χ3n) is 4.84. The number of hydrogen-bond acceptors (Lipinski definition) is 5. The van der Waals surface area contributed by atoms with Crippen LogP contribution in [-0.4, -0.2) is 36.6 Å². The number of benzene rings is 2. The van der Waals surface area contributed by atoms with E-state index in [0.29, 0.717) is 18.1 Å². The van der Waals surface area contributed by atoms with Crippen molar-refractivity contribution in [2.24, 2.45) is 0 Å². The summed E-state index contributed by atoms with van der Waals surface area (Å²) in [7, 11) is 1.74. The monoisotopic (exact) mass is 409 g/mol. The summed E-state index contributed by atoms with van der Waals surface area (Å²) < 4.78 is 16.3. The summed E-state index contributed by atoms with van der Waals surface area (Å²) in [5.74, 6) is 0.531. The standard InChI is InChI=1S/C24H27NO5/c1-28-15-5-3-2-4-6-16-29-21-13-11-19(12-14-21)23-17-22(25-30-23)18-7-9-20(10-8-18)24(26)27/h7-14,17H,2-6,15-16H2,1H3,(H,26,27). The van der Waals surface area contributed by atoms with Crippen LogP contribution in [-0.2, 0) is 4.74 Å². The molecule has 0 bridgehead atoms. The summed E-state index contributed by atoms with van der Waals surface area (Å²) in [5, 5.41) is 13.1. The minimum absolute atomic E-state index is 0.240. The van der Waals surface area contributed by atoms with Crippen LogP contribution in [0.1, 0.15) is 42.5 Å². The average molecular weight is 409 g/mol. The van der Waals surface area contributed by atoms with E-state index in [1.165, 1.54) is 12.8 Å². The molecule has 6 nitrogen and oxygen atoms in total. The van der Waals surface area contributed by atoms with Crippen molar-refractivity contribution in [1.82, 2.24) is 5.16 Å². The maximum atomic E-state index is 11.0. The second-order valence-corrected chi connectivity index (χ2v) is 7.09. The number of aromatic nitrogens is 1. The van der Waals surface area contributed by atoms with E-state index in [-0.39, 0.29) is 5.56 Å². The first-order valence-corrected chi connectivity index (χ1v) is 10.2. The molecule has 0 fully saturated rings. The molecular formula is C24H27NO5. The Morgan fingerprint density at radius 2 is 1.53 bits per heavy atom. The van der Waals surface area contributed by atoms with Crippen molar-refractivity contribution in [3.63, 3.8) is 0 Å². The Morgan fingerprint density at radius 3 is 2.20 bits per heavy atom. The summed E-state index contributed by atoms with van der Waals surface area (Å²) in [5.41, 5.74) is 2.61. The molecule has 0 aliphatic carbocycles. The Bertz CT molecular complexity index is 916. The highest BCUT2D eigenvalue weighted by Crippen LogP contribution is 2.27. The third-order valence-corrected chi connectivity index (χ3v) is 4.84. The Morgan fingerprint density at radius 1 is 0.900 bits per heavy atom. The zero-order valence-electron chi connectivity index (χ0n) is 17.2. The van der Waals surface area contributed by atoms with Gasteiger partial charge in [-0.2, -0.15) is 0 Å². The maximum Gasteiger partial charge on any atom is 0.335 e. The number of rotatable bonds is 12. The van der Waals surface area contributed by atoms with E-state index < -0.39 is 5.97 Å². The van der Waals surface area contributed by atoms with Gasteiger partial charge in [0.1, 0.15) is 11.4 Å². The number of hydrogen-bond donors (Lipinski definition) is 1. The summed E-state index contributed by atoms with van der Waals surface area (Å²) in [4.78, 5) is 11.0. The van der Waals surface area contributed by atoms with E-state index in [2.05, 4.69) is 5.16 Å². The quantitative estimate of drug-likeness (QED) is 0.387. The second kappa shape index (κ2) is 11.2. The van der Waals surface area contributed by atoms with Gasteiger partial charge in [-0.25, -0.2) is 4.79 Å². The van der Waals surface area contributed by atoms with E-state index >= 15 is 0 Å². The highest BCUT2D eigenvalue weighted by atomic mass is 16.5. The smallest absolute Gasteiger partial charge is 0.335 e. The van der Waals surface area contributed by atoms with Gasteiger partial charge in [0.15, 0.2) is 5.76 Å². The molecule has 3 rings (SSSR count). The van der Waals surface area contributed by atoms with Crippen LogP contribution in [0.15, 0.2) is 59.1 Å². The van der Waals surface area contributed by atoms with E-state index in [1.54, 1.807) is 31.4 Å². The number of nitrogens with zero attached hydrogens (tertiary/aromatic N) is 1. The van der Waals surface area contributed by atoms with Crippen LogP contribution in [0.3, 0.4) is 0 Å². The minimum Gasteiger partial charge on any atom is -0.494 e. The zero-order valence-corrected chi connectivity index (χ0v) is 17.2. The first-order chi connectivity index (χ1) is 14.7. The highest BCUT2D eigenvalue weighted by Gasteiger charge is 2.10. The molecule has 3 aromatic rings. The lowest BCUT2D eigenvalue weighted by atomic mass is 10.1. The number of carboxylic acid groups (broad SMARTS) is 1. The predicted octanol–water partition coefficient (Wildman–Crippen LogP) is 5.68. The lowest BCUT2D eigenvalue weighted by Crippen LogP contribution is -1.97. The molecule has 0 saturated carbocycles. The van der Waals surface area contributed by atoms with Gasteiger partial charge in [-0.3, -0.25) is 0 Å². The van der Waals surface area contributed by atoms with Crippen molar-refractivity contribution in [1.29, 1.82) is 0 Å². The molecule has 1 N–H and O–H groups in total. The number of carbonyl (C=O) groups is 1. The van der Waals surface area contributed by atoms with Crippen LogP contribution in [0.25, 0.3) is 22.6 Å². The predicted molar refractivity (Wildman–Crippen MR) is 115 cm³/mol. The number of carboxylic acids is 1. The van der Waals surface area contributed by atoms with Crippen LogP contribution < -0.4 is 4.74 Å². The molecule has 1 aromatic heterocycles. The van der Waals surface area contributed by atoms with Crippen molar-refractivity contribution in [3.8, 4) is 28.3 Å². The molecule has 2 aromatic carbocycles. The zero-order chi connectivity index (χ0) is 21.2. The molecule has 0 spiro atoms. The summed E-state index contributed by atoms with van der Waals surface area (Å²) >= 11 is 0. The fourth-order valence-corrected chi connectivity index (χ4v) is 3.12.